The van der Waals surface area contributed by atoms with Gasteiger partial charge in [0, 0.05) is 6.92 Å². The Labute approximate surface area is 107 Å². The second kappa shape index (κ2) is 5.21. The zero-order valence-corrected chi connectivity index (χ0v) is 10.9. The maximum absolute atomic E-state index is 10.9. The van der Waals surface area contributed by atoms with Gasteiger partial charge in [-0.05, 0) is 22.6 Å². The Balaban J connectivity index is 3.12. The van der Waals surface area contributed by atoms with E-state index in [1.165, 1.54) is 0 Å². The van der Waals surface area contributed by atoms with E-state index in [0.717, 1.165) is 18.3 Å². The van der Waals surface area contributed by atoms with Crippen LogP contribution in [-0.4, -0.2) is 27.7 Å². The minimum absolute atomic E-state index is 0.0943. The van der Waals surface area contributed by atoms with Crippen molar-refractivity contribution >= 4 is 56.7 Å². The largest absolute Gasteiger partial charge is 0.476 e. The monoisotopic (exact) mass is 355 g/mol. The first kappa shape index (κ1) is 12.8. The molecule has 0 bridgehead atoms. The summed E-state index contributed by atoms with van der Waals surface area (Å²) in [6, 6.07) is 0. The quantitative estimate of drug-likeness (QED) is 0.357. The number of anilines is 1. The van der Waals surface area contributed by atoms with Gasteiger partial charge in [-0.3, -0.25) is 0 Å². The number of aromatic nitrogens is 1. The molecule has 16 heavy (non-hydrogen) atoms. The molecule has 1 heterocycles. The summed E-state index contributed by atoms with van der Waals surface area (Å²) in [4.78, 5) is 29.5. The van der Waals surface area contributed by atoms with E-state index in [4.69, 9.17) is 10.8 Å². The van der Waals surface area contributed by atoms with E-state index in [1.54, 1.807) is 0 Å². The third-order valence-electron chi connectivity index (χ3n) is 1.29. The number of carboxylic acid groups (broad SMARTS) is 1. The van der Waals surface area contributed by atoms with E-state index in [1.807, 2.05) is 22.6 Å². The fourth-order valence-corrected chi connectivity index (χ4v) is 2.37. The lowest BCUT2D eigenvalue weighted by Gasteiger charge is -1.97. The molecule has 86 valence electrons. The molecular weight excluding hydrogens is 349 g/mol. The highest BCUT2D eigenvalue weighted by molar-refractivity contribution is 14.1. The van der Waals surface area contributed by atoms with Gasteiger partial charge < -0.3 is 15.7 Å². The molecule has 0 radical (unpaired) electrons. The van der Waals surface area contributed by atoms with Crippen molar-refractivity contribution in [3.63, 3.8) is 0 Å². The molecular formula is C7H6IN3O4S. The maximum Gasteiger partial charge on any atom is 0.360 e. The first-order valence-electron chi connectivity index (χ1n) is 3.83. The van der Waals surface area contributed by atoms with E-state index in [0.29, 0.717) is 2.88 Å². The SMILES string of the molecule is CC(=O)ON=C(C(=O)O)c1nc(N)sc1I. The molecule has 0 saturated carbocycles. The number of hydrogen-bond acceptors (Lipinski definition) is 7. The molecule has 9 heteroatoms. The van der Waals surface area contributed by atoms with Crippen LogP contribution in [0.5, 0.6) is 0 Å². The van der Waals surface area contributed by atoms with Gasteiger partial charge in [0.05, 0.1) is 2.88 Å². The molecule has 3 N–H and O–H groups in total. The van der Waals surface area contributed by atoms with E-state index >= 15 is 0 Å². The van der Waals surface area contributed by atoms with Gasteiger partial charge in [-0.1, -0.05) is 16.5 Å². The lowest BCUT2D eigenvalue weighted by Crippen LogP contribution is -2.17. The van der Waals surface area contributed by atoms with E-state index in [2.05, 4.69) is 15.0 Å². The van der Waals surface area contributed by atoms with Crippen LogP contribution in [0.3, 0.4) is 0 Å². The minimum atomic E-state index is -1.34. The van der Waals surface area contributed by atoms with Crippen LogP contribution in [0.15, 0.2) is 5.16 Å². The summed E-state index contributed by atoms with van der Waals surface area (Å²) in [7, 11) is 0. The van der Waals surface area contributed by atoms with Gasteiger partial charge >= 0.3 is 11.9 Å². The van der Waals surface area contributed by atoms with E-state index < -0.39 is 17.7 Å². The molecule has 0 aliphatic rings. The summed E-state index contributed by atoms with van der Waals surface area (Å²) in [6.07, 6.45) is 0. The summed E-state index contributed by atoms with van der Waals surface area (Å²) < 4.78 is 0.559. The molecule has 0 saturated heterocycles. The molecule has 0 aromatic carbocycles. The molecule has 1 aromatic rings. The Bertz CT molecular complexity index is 470. The maximum atomic E-state index is 10.9. The smallest absolute Gasteiger partial charge is 0.360 e. The number of thiazole rings is 1. The highest BCUT2D eigenvalue weighted by atomic mass is 127. The highest BCUT2D eigenvalue weighted by Gasteiger charge is 2.21. The lowest BCUT2D eigenvalue weighted by atomic mass is 10.3. The van der Waals surface area contributed by atoms with Gasteiger partial charge in [0.2, 0.25) is 5.71 Å². The predicted octanol–water partition coefficient (Wildman–Crippen LogP) is 0.682. The van der Waals surface area contributed by atoms with Crippen LogP contribution in [0.2, 0.25) is 0 Å². The standard InChI is InChI=1S/C7H6IN3O4S/c1-2(12)15-11-4(6(13)14)3-5(8)16-7(9)10-3/h1H3,(H2,9,10)(H,13,14). The number of carbonyl (C=O) groups is 2. The van der Waals surface area contributed by atoms with Crippen molar-refractivity contribution in [1.29, 1.82) is 0 Å². The molecule has 1 aromatic heterocycles. The molecule has 0 amide bonds. The number of nitrogens with two attached hydrogens (primary N) is 1. The van der Waals surface area contributed by atoms with Crippen molar-refractivity contribution in [3.8, 4) is 0 Å². The molecule has 0 atom stereocenters. The summed E-state index contributed by atoms with van der Waals surface area (Å²) in [5.74, 6) is -2.05. The third-order valence-corrected chi connectivity index (χ3v) is 3.14. The number of carbonyl (C=O) groups excluding carboxylic acids is 1. The number of aliphatic carboxylic acids is 1. The molecule has 0 spiro atoms. The van der Waals surface area contributed by atoms with Gasteiger partial charge in [0.25, 0.3) is 0 Å². The van der Waals surface area contributed by atoms with Crippen LogP contribution in [-0.2, 0) is 14.4 Å². The topological polar surface area (TPSA) is 115 Å². The number of rotatable bonds is 3. The summed E-state index contributed by atoms with van der Waals surface area (Å²) in [5, 5.41) is 12.3. The Morgan fingerprint density at radius 2 is 2.25 bits per heavy atom. The van der Waals surface area contributed by atoms with Gasteiger partial charge in [0.15, 0.2) is 5.13 Å². The van der Waals surface area contributed by atoms with Crippen molar-refractivity contribution in [1.82, 2.24) is 4.98 Å². The van der Waals surface area contributed by atoms with Crippen LogP contribution < -0.4 is 5.73 Å². The second-order valence-corrected chi connectivity index (χ2v) is 5.34. The Kier molecular flexibility index (Phi) is 4.18. The average molecular weight is 355 g/mol. The number of nitrogen functional groups attached to an aromatic ring is 1. The fourth-order valence-electron chi connectivity index (χ4n) is 0.757. The number of carboxylic acids is 1. The van der Waals surface area contributed by atoms with Crippen LogP contribution in [0.1, 0.15) is 12.6 Å². The second-order valence-electron chi connectivity index (χ2n) is 2.50. The molecule has 1 rings (SSSR count). The lowest BCUT2D eigenvalue weighted by molar-refractivity contribution is -0.141. The van der Waals surface area contributed by atoms with Crippen LogP contribution >= 0.6 is 33.9 Å². The number of oxime groups is 1. The first-order valence-corrected chi connectivity index (χ1v) is 5.72. The summed E-state index contributed by atoms with van der Waals surface area (Å²) in [5.41, 5.74) is 5.06. The fraction of sp³-hybridized carbons (Fsp3) is 0.143. The van der Waals surface area contributed by atoms with Gasteiger partial charge in [-0.15, -0.1) is 0 Å². The minimum Gasteiger partial charge on any atom is -0.476 e. The van der Waals surface area contributed by atoms with Crippen LogP contribution in [0.4, 0.5) is 5.13 Å². The highest BCUT2D eigenvalue weighted by Crippen LogP contribution is 2.23. The first-order chi connectivity index (χ1) is 7.41. The third kappa shape index (κ3) is 3.13. The molecule has 7 nitrogen and oxygen atoms in total. The molecule has 0 fully saturated rings. The predicted molar refractivity (Wildman–Crippen MR) is 65.2 cm³/mol. The normalized spacial score (nSPS) is 11.2. The van der Waals surface area contributed by atoms with E-state index in [9.17, 15) is 9.59 Å². The van der Waals surface area contributed by atoms with E-state index in [-0.39, 0.29) is 10.8 Å². The molecule has 0 aliphatic carbocycles. The molecule has 0 aliphatic heterocycles. The average Bonchev–Trinajstić information content (AvgIpc) is 2.45. The zero-order valence-electron chi connectivity index (χ0n) is 7.93. The van der Waals surface area contributed by atoms with Crippen molar-refractivity contribution in [2.75, 3.05) is 5.73 Å². The van der Waals surface area contributed by atoms with Crippen molar-refractivity contribution in [2.24, 2.45) is 5.16 Å². The van der Waals surface area contributed by atoms with Gasteiger partial charge in [0.1, 0.15) is 5.69 Å². The van der Waals surface area contributed by atoms with Gasteiger partial charge in [-0.2, -0.15) is 0 Å². The van der Waals surface area contributed by atoms with Gasteiger partial charge in [-0.25, -0.2) is 14.6 Å². The number of halogens is 1. The van der Waals surface area contributed by atoms with Crippen LogP contribution in [0.25, 0.3) is 0 Å². The Morgan fingerprint density at radius 1 is 1.62 bits per heavy atom. The van der Waals surface area contributed by atoms with Crippen molar-refractivity contribution in [3.05, 3.63) is 8.58 Å². The summed E-state index contributed by atoms with van der Waals surface area (Å²) in [6.45, 7) is 1.11. The summed E-state index contributed by atoms with van der Waals surface area (Å²) >= 11 is 3.00. The number of nitrogens with zero attached hydrogens (tertiary/aromatic N) is 2. The van der Waals surface area contributed by atoms with Crippen molar-refractivity contribution in [2.45, 2.75) is 6.92 Å². The zero-order chi connectivity index (χ0) is 12.3. The van der Waals surface area contributed by atoms with Crippen LogP contribution in [0, 0.1) is 2.88 Å². The Hall–Kier alpha value is -1.23. The number of hydrogen-bond donors (Lipinski definition) is 2. The molecule has 0 unspecified atom stereocenters. The Morgan fingerprint density at radius 3 is 2.62 bits per heavy atom. The van der Waals surface area contributed by atoms with Crippen molar-refractivity contribution < 1.29 is 19.5 Å².